The minimum absolute atomic E-state index is 0.635. The normalized spacial score (nSPS) is 21.7. The van der Waals surface area contributed by atoms with E-state index in [2.05, 4.69) is 0 Å². The Morgan fingerprint density at radius 1 is 1.19 bits per heavy atom. The highest BCUT2D eigenvalue weighted by atomic mass is 19.1. The Labute approximate surface area is 96.9 Å². The molecule has 1 aromatic rings. The minimum Gasteiger partial charge on any atom is -0.322 e. The molecule has 0 aliphatic heterocycles. The molecule has 1 fully saturated rings. The van der Waals surface area contributed by atoms with Gasteiger partial charge in [-0.15, -0.1) is 0 Å². The van der Waals surface area contributed by atoms with E-state index in [4.69, 9.17) is 5.73 Å². The second-order valence-electron chi connectivity index (χ2n) is 5.01. The van der Waals surface area contributed by atoms with Crippen LogP contribution in [0.3, 0.4) is 0 Å². The summed E-state index contributed by atoms with van der Waals surface area (Å²) < 4.78 is 14.5. The van der Waals surface area contributed by atoms with Crippen LogP contribution in [0.25, 0.3) is 0 Å². The molecule has 1 atom stereocenters. The Balaban J connectivity index is 2.24. The zero-order valence-corrected chi connectivity index (χ0v) is 9.88. The molecule has 0 radical (unpaired) electrons. The van der Waals surface area contributed by atoms with Gasteiger partial charge in [-0.05, 0) is 30.9 Å². The van der Waals surface area contributed by atoms with Crippen LogP contribution in [-0.2, 0) is 0 Å². The molecular formula is C14H20FN. The van der Waals surface area contributed by atoms with Crippen LogP contribution in [0, 0.1) is 6.92 Å². The van der Waals surface area contributed by atoms with Crippen LogP contribution in [0.1, 0.15) is 49.4 Å². The van der Waals surface area contributed by atoms with Crippen LogP contribution in [-0.4, -0.2) is 5.54 Å². The zero-order chi connectivity index (χ0) is 11.6. The molecule has 1 unspecified atom stereocenters. The highest BCUT2D eigenvalue weighted by molar-refractivity contribution is 5.30. The van der Waals surface area contributed by atoms with E-state index in [-0.39, 0.29) is 0 Å². The SMILES string of the molecule is Cc1ccccc1C(F)C1(N)CCCCC1. The molecule has 0 spiro atoms. The molecule has 1 aliphatic carbocycles. The highest BCUT2D eigenvalue weighted by Gasteiger charge is 2.37. The Hall–Kier alpha value is -0.890. The van der Waals surface area contributed by atoms with E-state index in [1.807, 2.05) is 31.2 Å². The fourth-order valence-corrected chi connectivity index (χ4v) is 2.64. The third-order valence-corrected chi connectivity index (χ3v) is 3.75. The first-order valence-corrected chi connectivity index (χ1v) is 6.12. The van der Waals surface area contributed by atoms with Gasteiger partial charge in [-0.2, -0.15) is 0 Å². The predicted octanol–water partition coefficient (Wildman–Crippen LogP) is 3.67. The van der Waals surface area contributed by atoms with Crippen LogP contribution in [0.2, 0.25) is 0 Å². The van der Waals surface area contributed by atoms with E-state index in [9.17, 15) is 4.39 Å². The minimum atomic E-state index is -1.02. The van der Waals surface area contributed by atoms with Crippen LogP contribution in [0.5, 0.6) is 0 Å². The summed E-state index contributed by atoms with van der Waals surface area (Å²) in [5, 5.41) is 0. The summed E-state index contributed by atoms with van der Waals surface area (Å²) in [7, 11) is 0. The lowest BCUT2D eigenvalue weighted by atomic mass is 9.76. The molecular weight excluding hydrogens is 201 g/mol. The maximum atomic E-state index is 14.5. The van der Waals surface area contributed by atoms with E-state index in [0.717, 1.165) is 36.8 Å². The van der Waals surface area contributed by atoms with Crippen molar-refractivity contribution in [1.29, 1.82) is 0 Å². The van der Waals surface area contributed by atoms with Gasteiger partial charge in [0.2, 0.25) is 0 Å². The van der Waals surface area contributed by atoms with Crippen molar-refractivity contribution < 1.29 is 4.39 Å². The maximum Gasteiger partial charge on any atom is 0.143 e. The maximum absolute atomic E-state index is 14.5. The first kappa shape index (κ1) is 11.6. The largest absolute Gasteiger partial charge is 0.322 e. The molecule has 16 heavy (non-hydrogen) atoms. The number of benzene rings is 1. The van der Waals surface area contributed by atoms with Gasteiger partial charge in [-0.1, -0.05) is 43.5 Å². The lowest BCUT2D eigenvalue weighted by Gasteiger charge is -2.37. The predicted molar refractivity (Wildman–Crippen MR) is 65.0 cm³/mol. The van der Waals surface area contributed by atoms with E-state index in [1.54, 1.807) is 0 Å². The molecule has 0 amide bonds. The van der Waals surface area contributed by atoms with Gasteiger partial charge in [0.15, 0.2) is 0 Å². The van der Waals surface area contributed by atoms with Crippen molar-refractivity contribution >= 4 is 0 Å². The average Bonchev–Trinajstić information content (AvgIpc) is 2.30. The van der Waals surface area contributed by atoms with Crippen molar-refractivity contribution in [3.05, 3.63) is 35.4 Å². The Morgan fingerprint density at radius 2 is 1.81 bits per heavy atom. The number of halogens is 1. The molecule has 2 heteroatoms. The highest BCUT2D eigenvalue weighted by Crippen LogP contribution is 2.39. The number of alkyl halides is 1. The monoisotopic (exact) mass is 221 g/mol. The van der Waals surface area contributed by atoms with Gasteiger partial charge >= 0.3 is 0 Å². The smallest absolute Gasteiger partial charge is 0.143 e. The first-order valence-electron chi connectivity index (χ1n) is 6.12. The van der Waals surface area contributed by atoms with E-state index >= 15 is 0 Å². The van der Waals surface area contributed by atoms with Gasteiger partial charge < -0.3 is 5.73 Å². The van der Waals surface area contributed by atoms with Crippen molar-refractivity contribution in [3.8, 4) is 0 Å². The summed E-state index contributed by atoms with van der Waals surface area (Å²) in [5.74, 6) is 0. The Kier molecular flexibility index (Phi) is 3.29. The topological polar surface area (TPSA) is 26.0 Å². The van der Waals surface area contributed by atoms with E-state index in [0.29, 0.717) is 0 Å². The molecule has 0 saturated heterocycles. The van der Waals surface area contributed by atoms with Crippen molar-refractivity contribution in [1.82, 2.24) is 0 Å². The Morgan fingerprint density at radius 3 is 2.44 bits per heavy atom. The molecule has 1 aliphatic rings. The first-order chi connectivity index (χ1) is 7.63. The van der Waals surface area contributed by atoms with Gasteiger partial charge in [0.25, 0.3) is 0 Å². The summed E-state index contributed by atoms with van der Waals surface area (Å²) >= 11 is 0. The van der Waals surface area contributed by atoms with Crippen molar-refractivity contribution in [2.75, 3.05) is 0 Å². The lowest BCUT2D eigenvalue weighted by Crippen LogP contribution is -2.46. The Bertz CT molecular complexity index is 356. The van der Waals surface area contributed by atoms with Crippen molar-refractivity contribution in [3.63, 3.8) is 0 Å². The van der Waals surface area contributed by atoms with Crippen molar-refractivity contribution in [2.45, 2.75) is 50.7 Å². The molecule has 0 bridgehead atoms. The van der Waals surface area contributed by atoms with Gasteiger partial charge in [-0.3, -0.25) is 0 Å². The quantitative estimate of drug-likeness (QED) is 0.810. The lowest BCUT2D eigenvalue weighted by molar-refractivity contribution is 0.143. The van der Waals surface area contributed by atoms with Gasteiger partial charge in [0.1, 0.15) is 6.17 Å². The fraction of sp³-hybridized carbons (Fsp3) is 0.571. The number of hydrogen-bond donors (Lipinski definition) is 1. The van der Waals surface area contributed by atoms with Crippen molar-refractivity contribution in [2.24, 2.45) is 5.73 Å². The summed E-state index contributed by atoms with van der Waals surface area (Å²) in [6.45, 7) is 1.95. The molecule has 2 N–H and O–H groups in total. The molecule has 88 valence electrons. The van der Waals surface area contributed by atoms with Gasteiger partial charge in [-0.25, -0.2) is 4.39 Å². The number of nitrogens with two attached hydrogens (primary N) is 1. The van der Waals surface area contributed by atoms with Crippen LogP contribution in [0.4, 0.5) is 4.39 Å². The van der Waals surface area contributed by atoms with Crippen LogP contribution < -0.4 is 5.73 Å². The molecule has 2 rings (SSSR count). The summed E-state index contributed by atoms with van der Waals surface area (Å²) in [6, 6.07) is 7.65. The summed E-state index contributed by atoms with van der Waals surface area (Å²) in [5.41, 5.74) is 7.37. The van der Waals surface area contributed by atoms with Gasteiger partial charge in [0, 0.05) is 0 Å². The summed E-state index contributed by atoms with van der Waals surface area (Å²) in [6.07, 6.45) is 3.91. The second kappa shape index (κ2) is 4.54. The van der Waals surface area contributed by atoms with E-state index < -0.39 is 11.7 Å². The number of aryl methyl sites for hydroxylation is 1. The third kappa shape index (κ3) is 2.12. The molecule has 1 aromatic carbocycles. The molecule has 0 heterocycles. The van der Waals surface area contributed by atoms with Crippen LogP contribution in [0.15, 0.2) is 24.3 Å². The summed E-state index contributed by atoms with van der Waals surface area (Å²) in [4.78, 5) is 0. The van der Waals surface area contributed by atoms with Gasteiger partial charge in [0.05, 0.1) is 5.54 Å². The standard InChI is InChI=1S/C14H20FN/c1-11-7-3-4-8-12(11)13(15)14(16)9-5-2-6-10-14/h3-4,7-8,13H,2,5-6,9-10,16H2,1H3. The fourth-order valence-electron chi connectivity index (χ4n) is 2.64. The number of hydrogen-bond acceptors (Lipinski definition) is 1. The molecule has 1 nitrogen and oxygen atoms in total. The third-order valence-electron chi connectivity index (χ3n) is 3.75. The molecule has 1 saturated carbocycles. The van der Waals surface area contributed by atoms with Crippen LogP contribution >= 0.6 is 0 Å². The second-order valence-corrected chi connectivity index (χ2v) is 5.01. The zero-order valence-electron chi connectivity index (χ0n) is 9.88. The van der Waals surface area contributed by atoms with E-state index in [1.165, 1.54) is 6.42 Å². The molecule has 0 aromatic heterocycles. The number of rotatable bonds is 2. The average molecular weight is 221 g/mol.